The Kier molecular flexibility index (Phi) is 4.78. The van der Waals surface area contributed by atoms with Crippen LogP contribution in [0.5, 0.6) is 0 Å². The standard InChI is InChI=1S/C18H15NO4S2/c1-3-19-16(20)15(25-18(19)24)9-12-6-7-14(23-12)13-8-11(17(21)22)5-4-10(13)2/h4-9H,3H2,1-2H3,(H,21,22)/b15-9+. The molecule has 3 rings (SSSR count). The van der Waals surface area contributed by atoms with Crippen LogP contribution in [0.4, 0.5) is 0 Å². The van der Waals surface area contributed by atoms with E-state index in [0.29, 0.717) is 32.9 Å². The lowest BCUT2D eigenvalue weighted by atomic mass is 10.0. The van der Waals surface area contributed by atoms with Crippen LogP contribution in [0.2, 0.25) is 0 Å². The number of hydrogen-bond acceptors (Lipinski definition) is 5. The summed E-state index contributed by atoms with van der Waals surface area (Å²) in [6.45, 7) is 4.29. The Hall–Kier alpha value is -2.38. The maximum absolute atomic E-state index is 12.2. The number of benzene rings is 1. The number of furan rings is 1. The molecule has 5 nitrogen and oxygen atoms in total. The van der Waals surface area contributed by atoms with E-state index < -0.39 is 5.97 Å². The second kappa shape index (κ2) is 6.85. The Morgan fingerprint density at radius 1 is 1.36 bits per heavy atom. The third kappa shape index (κ3) is 3.38. The SMILES string of the molecule is CCN1C(=O)/C(=C\c2ccc(-c3cc(C(=O)O)ccc3C)o2)SC1=S. The van der Waals surface area contributed by atoms with Crippen LogP contribution in [0.3, 0.4) is 0 Å². The van der Waals surface area contributed by atoms with Crippen LogP contribution in [-0.2, 0) is 4.79 Å². The highest BCUT2D eigenvalue weighted by Gasteiger charge is 2.30. The van der Waals surface area contributed by atoms with Gasteiger partial charge >= 0.3 is 5.97 Å². The molecule has 1 fully saturated rings. The third-order valence-electron chi connectivity index (χ3n) is 3.84. The van der Waals surface area contributed by atoms with Gasteiger partial charge in [0.05, 0.1) is 10.5 Å². The Morgan fingerprint density at radius 2 is 2.12 bits per heavy atom. The maximum atomic E-state index is 12.2. The second-order valence-corrected chi connectivity index (χ2v) is 7.14. The molecule has 0 saturated carbocycles. The number of thiocarbonyl (C=S) groups is 1. The maximum Gasteiger partial charge on any atom is 0.335 e. The molecule has 0 atom stereocenters. The van der Waals surface area contributed by atoms with Crippen molar-refractivity contribution in [2.24, 2.45) is 0 Å². The molecule has 25 heavy (non-hydrogen) atoms. The summed E-state index contributed by atoms with van der Waals surface area (Å²) in [5, 5.41) is 9.15. The Balaban J connectivity index is 1.93. The molecule has 0 bridgehead atoms. The zero-order chi connectivity index (χ0) is 18.1. The predicted octanol–water partition coefficient (Wildman–Crippen LogP) is 4.17. The molecule has 1 aliphatic heterocycles. The van der Waals surface area contributed by atoms with Crippen molar-refractivity contribution in [2.75, 3.05) is 6.54 Å². The number of aromatic carboxylic acids is 1. The van der Waals surface area contributed by atoms with Crippen molar-refractivity contribution in [1.29, 1.82) is 0 Å². The summed E-state index contributed by atoms with van der Waals surface area (Å²) < 4.78 is 6.34. The Morgan fingerprint density at radius 3 is 2.76 bits per heavy atom. The van der Waals surface area contributed by atoms with Crippen LogP contribution < -0.4 is 0 Å². The second-order valence-electron chi connectivity index (χ2n) is 5.46. The molecule has 128 valence electrons. The van der Waals surface area contributed by atoms with E-state index in [4.69, 9.17) is 21.7 Å². The van der Waals surface area contributed by atoms with Crippen LogP contribution in [0.15, 0.2) is 39.7 Å². The molecule has 2 heterocycles. The largest absolute Gasteiger partial charge is 0.478 e. The fourth-order valence-corrected chi connectivity index (χ4v) is 3.86. The van der Waals surface area contributed by atoms with Crippen molar-refractivity contribution in [2.45, 2.75) is 13.8 Å². The van der Waals surface area contributed by atoms with E-state index in [1.807, 2.05) is 13.8 Å². The van der Waals surface area contributed by atoms with E-state index in [1.54, 1.807) is 36.4 Å². The van der Waals surface area contributed by atoms with E-state index >= 15 is 0 Å². The number of likely N-dealkylation sites (N-methyl/N-ethyl adjacent to an activating group) is 1. The summed E-state index contributed by atoms with van der Waals surface area (Å²) in [4.78, 5) is 25.5. The van der Waals surface area contributed by atoms with E-state index in [2.05, 4.69) is 0 Å². The number of carboxylic acid groups (broad SMARTS) is 1. The molecular formula is C18H15NO4S2. The molecule has 0 spiro atoms. The average molecular weight is 373 g/mol. The van der Waals surface area contributed by atoms with E-state index in [0.717, 1.165) is 5.56 Å². The third-order valence-corrected chi connectivity index (χ3v) is 5.22. The summed E-state index contributed by atoms with van der Waals surface area (Å²) in [5.41, 5.74) is 1.81. The van der Waals surface area contributed by atoms with Gasteiger partial charge in [-0.1, -0.05) is 30.0 Å². The molecule has 2 aromatic rings. The fourth-order valence-electron chi connectivity index (χ4n) is 2.50. The summed E-state index contributed by atoms with van der Waals surface area (Å²) in [6.07, 6.45) is 1.66. The molecule has 0 unspecified atom stereocenters. The predicted molar refractivity (Wildman–Crippen MR) is 101 cm³/mol. The van der Waals surface area contributed by atoms with Gasteiger partial charge in [-0.25, -0.2) is 4.79 Å². The summed E-state index contributed by atoms with van der Waals surface area (Å²) >= 11 is 6.44. The summed E-state index contributed by atoms with van der Waals surface area (Å²) in [7, 11) is 0. The molecule has 7 heteroatoms. The van der Waals surface area contributed by atoms with Gasteiger partial charge in [0.1, 0.15) is 15.8 Å². The summed E-state index contributed by atoms with van der Waals surface area (Å²) in [6, 6.07) is 8.40. The molecule has 1 amide bonds. The average Bonchev–Trinajstić information content (AvgIpc) is 3.13. The van der Waals surface area contributed by atoms with Crippen molar-refractivity contribution < 1.29 is 19.1 Å². The lowest BCUT2D eigenvalue weighted by Gasteiger charge is -2.09. The van der Waals surface area contributed by atoms with Crippen molar-refractivity contribution in [3.8, 4) is 11.3 Å². The van der Waals surface area contributed by atoms with Crippen molar-refractivity contribution in [3.63, 3.8) is 0 Å². The van der Waals surface area contributed by atoms with Gasteiger partial charge in [0.25, 0.3) is 5.91 Å². The van der Waals surface area contributed by atoms with Crippen molar-refractivity contribution >= 4 is 46.3 Å². The normalized spacial score (nSPS) is 16.1. The molecule has 1 aromatic carbocycles. The van der Waals surface area contributed by atoms with Gasteiger partial charge in [-0.15, -0.1) is 0 Å². The highest BCUT2D eigenvalue weighted by atomic mass is 32.2. The number of aryl methyl sites for hydroxylation is 1. The van der Waals surface area contributed by atoms with Crippen LogP contribution >= 0.6 is 24.0 Å². The molecule has 1 aliphatic rings. The Labute approximate surface area is 154 Å². The van der Waals surface area contributed by atoms with Crippen LogP contribution in [0.25, 0.3) is 17.4 Å². The molecule has 0 aliphatic carbocycles. The lowest BCUT2D eigenvalue weighted by molar-refractivity contribution is -0.122. The highest BCUT2D eigenvalue weighted by molar-refractivity contribution is 8.26. The number of nitrogens with zero attached hydrogens (tertiary/aromatic N) is 1. The molecule has 1 N–H and O–H groups in total. The smallest absolute Gasteiger partial charge is 0.335 e. The van der Waals surface area contributed by atoms with Gasteiger partial charge in [-0.3, -0.25) is 9.69 Å². The fraction of sp³-hybridized carbons (Fsp3) is 0.167. The Bertz CT molecular complexity index is 914. The van der Waals surface area contributed by atoms with E-state index in [-0.39, 0.29) is 11.5 Å². The highest BCUT2D eigenvalue weighted by Crippen LogP contribution is 2.34. The topological polar surface area (TPSA) is 70.8 Å². The number of hydrogen-bond donors (Lipinski definition) is 1. The van der Waals surface area contributed by atoms with Gasteiger partial charge in [0, 0.05) is 18.2 Å². The number of amides is 1. The van der Waals surface area contributed by atoms with Gasteiger partial charge in [0.15, 0.2) is 0 Å². The number of carbonyl (C=O) groups is 2. The number of carbonyl (C=O) groups excluding carboxylic acids is 1. The zero-order valence-corrected chi connectivity index (χ0v) is 15.2. The van der Waals surface area contributed by atoms with Gasteiger partial charge in [0.2, 0.25) is 0 Å². The minimum absolute atomic E-state index is 0.125. The van der Waals surface area contributed by atoms with Crippen molar-refractivity contribution in [3.05, 3.63) is 52.1 Å². The van der Waals surface area contributed by atoms with E-state index in [9.17, 15) is 9.59 Å². The minimum atomic E-state index is -0.990. The monoisotopic (exact) mass is 373 g/mol. The van der Waals surface area contributed by atoms with Crippen LogP contribution in [0, 0.1) is 6.92 Å². The van der Waals surface area contributed by atoms with Gasteiger partial charge in [-0.05, 0) is 43.7 Å². The molecule has 1 aromatic heterocycles. The van der Waals surface area contributed by atoms with Gasteiger partial charge in [-0.2, -0.15) is 0 Å². The summed E-state index contributed by atoms with van der Waals surface area (Å²) in [5.74, 6) is -0.0414. The quantitative estimate of drug-likeness (QED) is 0.641. The first-order chi connectivity index (χ1) is 11.9. The van der Waals surface area contributed by atoms with Gasteiger partial charge < -0.3 is 9.52 Å². The zero-order valence-electron chi connectivity index (χ0n) is 13.6. The first kappa shape index (κ1) is 17.4. The molecule has 0 radical (unpaired) electrons. The first-order valence-corrected chi connectivity index (χ1v) is 8.82. The first-order valence-electron chi connectivity index (χ1n) is 7.60. The van der Waals surface area contributed by atoms with Crippen LogP contribution in [-0.4, -0.2) is 32.7 Å². The van der Waals surface area contributed by atoms with Crippen molar-refractivity contribution in [1.82, 2.24) is 4.90 Å². The lowest BCUT2D eigenvalue weighted by Crippen LogP contribution is -2.27. The van der Waals surface area contributed by atoms with E-state index in [1.165, 1.54) is 16.7 Å². The molecular weight excluding hydrogens is 358 g/mol. The minimum Gasteiger partial charge on any atom is -0.478 e. The number of carboxylic acids is 1. The molecule has 1 saturated heterocycles. The number of rotatable bonds is 4. The number of thioether (sulfide) groups is 1. The van der Waals surface area contributed by atoms with Crippen LogP contribution in [0.1, 0.15) is 28.6 Å².